The van der Waals surface area contributed by atoms with Crippen molar-refractivity contribution in [3.05, 3.63) is 95.8 Å². The number of fused-ring (bicyclic) bond motifs is 4. The molecule has 1 aromatic heterocycles. The highest BCUT2D eigenvalue weighted by molar-refractivity contribution is 6.00. The van der Waals surface area contributed by atoms with Crippen LogP contribution in [0, 0.1) is 0 Å². The topological polar surface area (TPSA) is 123 Å². The summed E-state index contributed by atoms with van der Waals surface area (Å²) in [6, 6.07) is 17.5. The molecule has 4 rings (SSSR count). The van der Waals surface area contributed by atoms with Crippen LogP contribution in [0.1, 0.15) is 40.5 Å². The van der Waals surface area contributed by atoms with E-state index in [0.717, 1.165) is 11.1 Å². The van der Waals surface area contributed by atoms with E-state index < -0.39 is 18.0 Å². The van der Waals surface area contributed by atoms with Gasteiger partial charge in [-0.1, -0.05) is 48.6 Å². The molecule has 8 nitrogen and oxygen atoms in total. The van der Waals surface area contributed by atoms with Crippen LogP contribution in [0.2, 0.25) is 0 Å². The molecule has 1 aliphatic rings. The number of ether oxygens (including phenoxy) is 1. The van der Waals surface area contributed by atoms with Gasteiger partial charge in [-0.05, 0) is 41.8 Å². The number of amides is 3. The van der Waals surface area contributed by atoms with E-state index in [1.165, 1.54) is 0 Å². The van der Waals surface area contributed by atoms with Gasteiger partial charge in [0.1, 0.15) is 6.61 Å². The number of carbonyl (C=O) groups is 3. The van der Waals surface area contributed by atoms with E-state index in [9.17, 15) is 14.4 Å². The predicted octanol–water partition coefficient (Wildman–Crippen LogP) is 4.10. The predicted molar refractivity (Wildman–Crippen MR) is 128 cm³/mol. The van der Waals surface area contributed by atoms with Crippen LogP contribution < -0.4 is 16.4 Å². The largest absolute Gasteiger partial charge is 0.445 e. The number of carbonyl (C=O) groups excluding carboxylic acids is 3. The van der Waals surface area contributed by atoms with Crippen LogP contribution >= 0.6 is 0 Å². The molecule has 0 radical (unpaired) electrons. The summed E-state index contributed by atoms with van der Waals surface area (Å²) in [6.07, 6.45) is 5.17. The van der Waals surface area contributed by atoms with E-state index in [-0.39, 0.29) is 24.5 Å². The molecule has 1 atom stereocenters. The van der Waals surface area contributed by atoms with Gasteiger partial charge in [0.2, 0.25) is 11.8 Å². The van der Waals surface area contributed by atoms with Crippen molar-refractivity contribution >= 4 is 23.6 Å². The number of aromatic nitrogens is 1. The number of primary amides is 1. The van der Waals surface area contributed by atoms with E-state index >= 15 is 0 Å². The highest BCUT2D eigenvalue weighted by Crippen LogP contribution is 2.31. The normalized spacial score (nSPS) is 16.1. The third-order valence-corrected chi connectivity index (χ3v) is 5.37. The second-order valence-corrected chi connectivity index (χ2v) is 7.81. The van der Waals surface area contributed by atoms with Gasteiger partial charge in [-0.3, -0.25) is 14.6 Å². The average Bonchev–Trinajstić information content (AvgIpc) is 2.84. The number of hydrogen-bond donors (Lipinski definition) is 3. The Kier molecular flexibility index (Phi) is 6.98. The number of anilines is 1. The minimum atomic E-state index is -0.586. The first kappa shape index (κ1) is 22.7. The van der Waals surface area contributed by atoms with Crippen LogP contribution in [0.5, 0.6) is 0 Å². The molecule has 0 fully saturated rings. The number of benzene rings is 2. The van der Waals surface area contributed by atoms with Gasteiger partial charge in [-0.15, -0.1) is 0 Å². The van der Waals surface area contributed by atoms with Crippen molar-refractivity contribution in [1.29, 1.82) is 0 Å². The molecule has 172 valence electrons. The Morgan fingerprint density at radius 3 is 2.71 bits per heavy atom. The van der Waals surface area contributed by atoms with Gasteiger partial charge in [0, 0.05) is 29.4 Å². The standard InChI is InChI=1S/C26H24N4O4/c27-25(32)19-10-11-20-18-12-13-28-23(14-18)21(8-4-5-9-24(31)29-22(20)15-19)30-26(33)34-16-17-6-2-1-3-7-17/h1-7,10-15,21H,8-9,16H2,(H2,27,32)(H,29,31)(H,30,33)/b5-4-/t21-/m0/s1. The molecule has 0 aliphatic carbocycles. The first-order chi connectivity index (χ1) is 16.5. The summed E-state index contributed by atoms with van der Waals surface area (Å²) in [5.41, 5.74) is 9.17. The molecule has 1 aliphatic heterocycles. The molecule has 3 amide bonds. The van der Waals surface area contributed by atoms with Crippen molar-refractivity contribution in [2.45, 2.75) is 25.5 Å². The molecular formula is C26H24N4O4. The summed E-state index contributed by atoms with van der Waals surface area (Å²) in [7, 11) is 0. The van der Waals surface area contributed by atoms with Gasteiger partial charge >= 0.3 is 6.09 Å². The van der Waals surface area contributed by atoms with Crippen LogP contribution in [0.25, 0.3) is 11.1 Å². The highest BCUT2D eigenvalue weighted by atomic mass is 16.5. The van der Waals surface area contributed by atoms with Crippen LogP contribution in [0.4, 0.5) is 10.5 Å². The Balaban J connectivity index is 1.62. The second kappa shape index (κ2) is 10.4. The quantitative estimate of drug-likeness (QED) is 0.510. The van der Waals surface area contributed by atoms with Crippen LogP contribution in [0.15, 0.2) is 79.0 Å². The lowest BCUT2D eigenvalue weighted by Crippen LogP contribution is -2.29. The minimum absolute atomic E-state index is 0.132. The lowest BCUT2D eigenvalue weighted by Gasteiger charge is -2.19. The number of nitrogens with two attached hydrogens (primary N) is 1. The Morgan fingerprint density at radius 1 is 1.09 bits per heavy atom. The maximum atomic E-state index is 12.5. The molecule has 0 saturated carbocycles. The zero-order chi connectivity index (χ0) is 23.9. The van der Waals surface area contributed by atoms with Gasteiger partial charge in [-0.25, -0.2) is 4.79 Å². The van der Waals surface area contributed by atoms with Crippen molar-refractivity contribution in [2.24, 2.45) is 5.73 Å². The monoisotopic (exact) mass is 456 g/mol. The molecule has 4 N–H and O–H groups in total. The van der Waals surface area contributed by atoms with Crippen molar-refractivity contribution < 1.29 is 19.1 Å². The number of nitrogens with zero attached hydrogens (tertiary/aromatic N) is 1. The fraction of sp³-hybridized carbons (Fsp3) is 0.154. The van der Waals surface area contributed by atoms with Crippen molar-refractivity contribution in [3.63, 3.8) is 0 Å². The molecule has 0 saturated heterocycles. The number of nitrogens with one attached hydrogen (secondary N) is 2. The first-order valence-electron chi connectivity index (χ1n) is 10.8. The molecule has 0 spiro atoms. The van der Waals surface area contributed by atoms with E-state index in [1.54, 1.807) is 36.5 Å². The number of hydrogen-bond acceptors (Lipinski definition) is 5. The van der Waals surface area contributed by atoms with E-state index in [2.05, 4.69) is 15.6 Å². The number of rotatable bonds is 4. The van der Waals surface area contributed by atoms with Crippen LogP contribution in [-0.2, 0) is 16.1 Å². The van der Waals surface area contributed by atoms with Crippen molar-refractivity contribution in [2.75, 3.05) is 5.32 Å². The first-order valence-corrected chi connectivity index (χ1v) is 10.8. The van der Waals surface area contributed by atoms with Crippen molar-refractivity contribution in [3.8, 4) is 11.1 Å². The third kappa shape index (κ3) is 5.66. The van der Waals surface area contributed by atoms with E-state index in [1.807, 2.05) is 42.5 Å². The lowest BCUT2D eigenvalue weighted by atomic mass is 9.98. The van der Waals surface area contributed by atoms with Gasteiger partial charge < -0.3 is 21.1 Å². The third-order valence-electron chi connectivity index (χ3n) is 5.37. The molecular weight excluding hydrogens is 432 g/mol. The Morgan fingerprint density at radius 2 is 1.91 bits per heavy atom. The van der Waals surface area contributed by atoms with E-state index in [4.69, 9.17) is 10.5 Å². The molecule has 3 aromatic rings. The Hall–Kier alpha value is -4.46. The summed E-state index contributed by atoms with van der Waals surface area (Å²) in [6.45, 7) is 0.151. The summed E-state index contributed by atoms with van der Waals surface area (Å²) in [4.78, 5) is 41.1. The zero-order valence-corrected chi connectivity index (χ0v) is 18.4. The number of alkyl carbamates (subject to hydrolysis) is 1. The zero-order valence-electron chi connectivity index (χ0n) is 18.4. The van der Waals surface area contributed by atoms with Crippen molar-refractivity contribution in [1.82, 2.24) is 10.3 Å². The fourth-order valence-corrected chi connectivity index (χ4v) is 3.64. The Labute approximate surface area is 196 Å². The Bertz CT molecular complexity index is 1240. The summed E-state index contributed by atoms with van der Waals surface area (Å²) < 4.78 is 5.37. The molecule has 2 aromatic carbocycles. The summed E-state index contributed by atoms with van der Waals surface area (Å²) >= 11 is 0. The van der Waals surface area contributed by atoms with E-state index in [0.29, 0.717) is 23.4 Å². The molecule has 8 heteroatoms. The van der Waals surface area contributed by atoms with Gasteiger partial charge in [0.05, 0.1) is 11.7 Å². The van der Waals surface area contributed by atoms with Crippen LogP contribution in [0.3, 0.4) is 0 Å². The van der Waals surface area contributed by atoms with Gasteiger partial charge in [-0.2, -0.15) is 0 Å². The van der Waals surface area contributed by atoms with Crippen LogP contribution in [-0.4, -0.2) is 22.9 Å². The van der Waals surface area contributed by atoms with Gasteiger partial charge in [0.25, 0.3) is 0 Å². The average molecular weight is 457 g/mol. The smallest absolute Gasteiger partial charge is 0.408 e. The summed E-state index contributed by atoms with van der Waals surface area (Å²) in [5, 5.41) is 5.72. The fourth-order valence-electron chi connectivity index (χ4n) is 3.64. The SMILES string of the molecule is NC(=O)c1ccc2c(c1)NC(=O)C/C=C\C[C@H](NC(=O)OCc1ccccc1)c1cc-2ccn1. The molecule has 34 heavy (non-hydrogen) atoms. The maximum Gasteiger partial charge on any atom is 0.408 e. The molecule has 2 heterocycles. The van der Waals surface area contributed by atoms with Gasteiger partial charge in [0.15, 0.2) is 0 Å². The lowest BCUT2D eigenvalue weighted by molar-refractivity contribution is -0.115. The molecule has 0 unspecified atom stereocenters. The maximum absolute atomic E-state index is 12.5. The number of pyridine rings is 1. The minimum Gasteiger partial charge on any atom is -0.445 e. The molecule has 2 bridgehead atoms. The highest BCUT2D eigenvalue weighted by Gasteiger charge is 2.19. The second-order valence-electron chi connectivity index (χ2n) is 7.81. The summed E-state index contributed by atoms with van der Waals surface area (Å²) in [5.74, 6) is -0.822.